The van der Waals surface area contributed by atoms with Gasteiger partial charge in [-0.15, -0.1) is 0 Å². The van der Waals surface area contributed by atoms with Gasteiger partial charge in [-0.3, -0.25) is 0 Å². The van der Waals surface area contributed by atoms with Gasteiger partial charge in [-0.25, -0.2) is 4.79 Å². The molecule has 0 aliphatic rings. The summed E-state index contributed by atoms with van der Waals surface area (Å²) in [5.74, 6) is 0. The van der Waals surface area contributed by atoms with Crippen LogP contribution in [0.1, 0.15) is 0 Å². The van der Waals surface area contributed by atoms with E-state index in [0.29, 0.717) is 0 Å². The van der Waals surface area contributed by atoms with Crippen LogP contribution in [0.3, 0.4) is 0 Å². The lowest BCUT2D eigenvalue weighted by molar-refractivity contribution is 0.0501. The number of nitrogens with one attached hydrogen (secondary N) is 1. The first-order valence-electron chi connectivity index (χ1n) is 5.47. The number of amides is 2. The summed E-state index contributed by atoms with van der Waals surface area (Å²) in [5.41, 5.74) is 0.730. The average molecular weight is 364 g/mol. The van der Waals surface area contributed by atoms with Gasteiger partial charge in [0.1, 0.15) is 0 Å². The van der Waals surface area contributed by atoms with Crippen LogP contribution in [0.15, 0.2) is 24.3 Å². The van der Waals surface area contributed by atoms with Gasteiger partial charge in [-0.2, -0.15) is 0 Å². The molecule has 18 heavy (non-hydrogen) atoms. The molecule has 1 rings (SSSR count). The Labute approximate surface area is 120 Å². The Morgan fingerprint density at radius 2 is 2.11 bits per heavy atom. The van der Waals surface area contributed by atoms with Crippen LogP contribution in [0, 0.1) is 3.57 Å². The number of anilines is 1. The third-order valence-electron chi connectivity index (χ3n) is 2.29. The summed E-state index contributed by atoms with van der Waals surface area (Å²) in [6, 6.07) is 7.23. The van der Waals surface area contributed by atoms with E-state index in [9.17, 15) is 9.90 Å². The van der Waals surface area contributed by atoms with Crippen LogP contribution < -0.4 is 5.32 Å². The van der Waals surface area contributed by atoms with Gasteiger partial charge in [0.25, 0.3) is 0 Å². The van der Waals surface area contributed by atoms with Crippen molar-refractivity contribution in [3.05, 3.63) is 27.8 Å². The Morgan fingerprint density at radius 1 is 1.50 bits per heavy atom. The number of carbonyl (C=O) groups excluding carboxylic acids is 1. The highest BCUT2D eigenvalue weighted by atomic mass is 127. The number of methoxy groups -OCH3 is 1. The normalized spacial score (nSPS) is 12.0. The maximum atomic E-state index is 11.8. The zero-order valence-electron chi connectivity index (χ0n) is 10.4. The Bertz CT molecular complexity index is 383. The number of benzene rings is 1. The predicted octanol–water partition coefficient (Wildman–Crippen LogP) is 1.76. The first-order chi connectivity index (χ1) is 8.52. The molecule has 0 radical (unpaired) electrons. The van der Waals surface area contributed by atoms with Crippen molar-refractivity contribution in [3.8, 4) is 0 Å². The first-order valence-corrected chi connectivity index (χ1v) is 6.55. The van der Waals surface area contributed by atoms with Crippen LogP contribution >= 0.6 is 22.6 Å². The van der Waals surface area contributed by atoms with E-state index in [1.54, 1.807) is 7.05 Å². The van der Waals surface area contributed by atoms with E-state index in [1.165, 1.54) is 12.0 Å². The van der Waals surface area contributed by atoms with E-state index in [4.69, 9.17) is 4.74 Å². The monoisotopic (exact) mass is 364 g/mol. The summed E-state index contributed by atoms with van der Waals surface area (Å²) in [6.45, 7) is 0.436. The van der Waals surface area contributed by atoms with Gasteiger partial charge in [-0.05, 0) is 46.9 Å². The third kappa shape index (κ3) is 5.19. The number of hydrogen-bond acceptors (Lipinski definition) is 3. The molecule has 2 N–H and O–H groups in total. The molecule has 0 heterocycles. The van der Waals surface area contributed by atoms with Crippen molar-refractivity contribution in [1.82, 2.24) is 4.90 Å². The Hall–Kier alpha value is -0.860. The van der Waals surface area contributed by atoms with Gasteiger partial charge in [0.15, 0.2) is 0 Å². The van der Waals surface area contributed by atoms with Crippen LogP contribution in [0.4, 0.5) is 10.5 Å². The molecule has 1 unspecified atom stereocenters. The van der Waals surface area contributed by atoms with Gasteiger partial charge in [0, 0.05) is 23.4 Å². The standard InChI is InChI=1S/C12H17IN2O3/c1-15(7-11(16)8-18-2)12(17)14-10-5-3-9(13)4-6-10/h3-6,11,16H,7-8H2,1-2H3,(H,14,17). The molecule has 1 atom stereocenters. The van der Waals surface area contributed by atoms with Gasteiger partial charge in [0.2, 0.25) is 0 Å². The summed E-state index contributed by atoms with van der Waals surface area (Å²) in [4.78, 5) is 13.2. The lowest BCUT2D eigenvalue weighted by Gasteiger charge is -2.20. The molecule has 5 nitrogen and oxygen atoms in total. The number of hydrogen-bond donors (Lipinski definition) is 2. The highest BCUT2D eigenvalue weighted by molar-refractivity contribution is 14.1. The summed E-state index contributed by atoms with van der Waals surface area (Å²) in [5, 5.41) is 12.3. The summed E-state index contributed by atoms with van der Waals surface area (Å²) in [7, 11) is 3.13. The largest absolute Gasteiger partial charge is 0.389 e. The van der Waals surface area contributed by atoms with Crippen LogP contribution in [-0.2, 0) is 4.74 Å². The number of aliphatic hydroxyl groups excluding tert-OH is 1. The molecule has 2 amide bonds. The molecule has 100 valence electrons. The van der Waals surface area contributed by atoms with E-state index in [1.807, 2.05) is 24.3 Å². The van der Waals surface area contributed by atoms with E-state index in [2.05, 4.69) is 27.9 Å². The summed E-state index contributed by atoms with van der Waals surface area (Å²) < 4.78 is 5.91. The highest BCUT2D eigenvalue weighted by Crippen LogP contribution is 2.11. The van der Waals surface area contributed by atoms with E-state index < -0.39 is 6.10 Å². The van der Waals surface area contributed by atoms with Gasteiger partial charge in [0.05, 0.1) is 19.3 Å². The van der Waals surface area contributed by atoms with E-state index >= 15 is 0 Å². The van der Waals surface area contributed by atoms with Crippen molar-refractivity contribution in [1.29, 1.82) is 0 Å². The minimum Gasteiger partial charge on any atom is -0.389 e. The molecule has 0 aliphatic carbocycles. The van der Waals surface area contributed by atoms with Gasteiger partial charge >= 0.3 is 6.03 Å². The molecular weight excluding hydrogens is 347 g/mol. The number of halogens is 1. The predicted molar refractivity (Wildman–Crippen MR) is 78.7 cm³/mol. The Kier molecular flexibility index (Phi) is 6.37. The maximum Gasteiger partial charge on any atom is 0.321 e. The fourth-order valence-electron chi connectivity index (χ4n) is 1.40. The molecular formula is C12H17IN2O3. The molecule has 1 aromatic carbocycles. The Balaban J connectivity index is 2.46. The molecule has 1 aromatic rings. The van der Waals surface area contributed by atoms with Crippen molar-refractivity contribution < 1.29 is 14.6 Å². The van der Waals surface area contributed by atoms with E-state index in [0.717, 1.165) is 9.26 Å². The van der Waals surface area contributed by atoms with E-state index in [-0.39, 0.29) is 19.2 Å². The smallest absolute Gasteiger partial charge is 0.321 e. The fourth-order valence-corrected chi connectivity index (χ4v) is 1.76. The Morgan fingerprint density at radius 3 is 2.67 bits per heavy atom. The molecule has 0 spiro atoms. The summed E-state index contributed by atoms with van der Waals surface area (Å²) >= 11 is 2.20. The number of rotatable bonds is 5. The lowest BCUT2D eigenvalue weighted by Crippen LogP contribution is -2.38. The molecule has 0 saturated carbocycles. The van der Waals surface area contributed by atoms with Crippen molar-refractivity contribution in [3.63, 3.8) is 0 Å². The molecule has 0 bridgehead atoms. The van der Waals surface area contributed by atoms with Crippen molar-refractivity contribution >= 4 is 34.3 Å². The highest BCUT2D eigenvalue weighted by Gasteiger charge is 2.13. The second kappa shape index (κ2) is 7.55. The van der Waals surface area contributed by atoms with Crippen LogP contribution in [-0.4, -0.2) is 49.5 Å². The topological polar surface area (TPSA) is 61.8 Å². The van der Waals surface area contributed by atoms with Gasteiger partial charge in [-0.1, -0.05) is 0 Å². The van der Waals surface area contributed by atoms with Crippen LogP contribution in [0.2, 0.25) is 0 Å². The summed E-state index contributed by atoms with van der Waals surface area (Å²) in [6.07, 6.45) is -0.678. The zero-order chi connectivity index (χ0) is 13.5. The quantitative estimate of drug-likeness (QED) is 0.783. The molecule has 6 heteroatoms. The molecule has 0 aromatic heterocycles. The molecule has 0 aliphatic heterocycles. The fraction of sp³-hybridized carbons (Fsp3) is 0.417. The third-order valence-corrected chi connectivity index (χ3v) is 3.01. The number of likely N-dealkylation sites (N-methyl/N-ethyl adjacent to an activating group) is 1. The SMILES string of the molecule is COCC(O)CN(C)C(=O)Nc1ccc(I)cc1. The van der Waals surface area contributed by atoms with Gasteiger partial charge < -0.3 is 20.1 Å². The number of carbonyl (C=O) groups is 1. The first kappa shape index (κ1) is 15.2. The zero-order valence-corrected chi connectivity index (χ0v) is 12.5. The number of urea groups is 1. The maximum absolute atomic E-state index is 11.8. The number of ether oxygens (including phenoxy) is 1. The average Bonchev–Trinajstić information content (AvgIpc) is 2.32. The minimum atomic E-state index is -0.678. The van der Waals surface area contributed by atoms with Crippen molar-refractivity contribution in [2.24, 2.45) is 0 Å². The number of nitrogens with zero attached hydrogens (tertiary/aromatic N) is 1. The second-order valence-electron chi connectivity index (χ2n) is 3.93. The number of aliphatic hydroxyl groups is 1. The molecule has 0 fully saturated rings. The lowest BCUT2D eigenvalue weighted by atomic mass is 10.3. The van der Waals surface area contributed by atoms with Crippen LogP contribution in [0.5, 0.6) is 0 Å². The van der Waals surface area contributed by atoms with Crippen molar-refractivity contribution in [2.45, 2.75) is 6.10 Å². The molecule has 0 saturated heterocycles. The van der Waals surface area contributed by atoms with Crippen LogP contribution in [0.25, 0.3) is 0 Å². The second-order valence-corrected chi connectivity index (χ2v) is 5.17. The minimum absolute atomic E-state index is 0.209. The van der Waals surface area contributed by atoms with Crippen molar-refractivity contribution in [2.75, 3.05) is 32.6 Å².